The summed E-state index contributed by atoms with van der Waals surface area (Å²) in [5.74, 6) is 0.222. The largest absolute Gasteiger partial charge is 0.435 e. The maximum Gasteiger partial charge on any atom is 0.387 e. The predicted molar refractivity (Wildman–Crippen MR) is 80.7 cm³/mol. The highest BCUT2D eigenvalue weighted by Gasteiger charge is 2.26. The van der Waals surface area contributed by atoms with Crippen LogP contribution in [0.3, 0.4) is 0 Å². The lowest BCUT2D eigenvalue weighted by atomic mass is 9.75. The topological polar surface area (TPSA) is 21.3 Å². The van der Waals surface area contributed by atoms with Crippen LogP contribution in [-0.4, -0.2) is 13.2 Å². The van der Waals surface area contributed by atoms with Crippen molar-refractivity contribution in [2.75, 3.05) is 6.54 Å². The van der Waals surface area contributed by atoms with Crippen molar-refractivity contribution in [3.63, 3.8) is 0 Å². The number of hydrogen-bond acceptors (Lipinski definition) is 2. The second-order valence-corrected chi connectivity index (χ2v) is 6.42. The first-order valence-corrected chi connectivity index (χ1v) is 7.77. The van der Waals surface area contributed by atoms with Gasteiger partial charge in [-0.2, -0.15) is 8.78 Å². The Morgan fingerprint density at radius 2 is 1.95 bits per heavy atom. The van der Waals surface area contributed by atoms with E-state index in [-0.39, 0.29) is 11.8 Å². The van der Waals surface area contributed by atoms with Gasteiger partial charge >= 0.3 is 6.61 Å². The Morgan fingerprint density at radius 1 is 1.24 bits per heavy atom. The molecule has 0 aromatic heterocycles. The molecule has 2 rings (SSSR count). The minimum Gasteiger partial charge on any atom is -0.435 e. The molecule has 21 heavy (non-hydrogen) atoms. The van der Waals surface area contributed by atoms with Crippen LogP contribution in [0.1, 0.15) is 57.6 Å². The summed E-state index contributed by atoms with van der Waals surface area (Å²) >= 11 is 0. The van der Waals surface area contributed by atoms with Gasteiger partial charge in [0, 0.05) is 12.6 Å². The minimum atomic E-state index is -2.77. The Hall–Kier alpha value is -1.16. The molecule has 0 saturated heterocycles. The fraction of sp³-hybridized carbons (Fsp3) is 0.647. The number of benzene rings is 1. The Labute approximate surface area is 125 Å². The lowest BCUT2D eigenvalue weighted by Gasteiger charge is -2.35. The molecule has 1 aromatic rings. The number of hydrogen-bond donors (Lipinski definition) is 1. The van der Waals surface area contributed by atoms with Gasteiger partial charge < -0.3 is 10.1 Å². The van der Waals surface area contributed by atoms with Gasteiger partial charge in [0.15, 0.2) is 0 Å². The van der Waals surface area contributed by atoms with Gasteiger partial charge in [-0.1, -0.05) is 38.3 Å². The third kappa shape index (κ3) is 4.95. The normalized spacial score (nSPS) is 19.5. The van der Waals surface area contributed by atoms with Gasteiger partial charge in [-0.3, -0.25) is 0 Å². The predicted octanol–water partition coefficient (Wildman–Crippen LogP) is 4.91. The zero-order chi connectivity index (χ0) is 15.3. The lowest BCUT2D eigenvalue weighted by Crippen LogP contribution is -2.34. The average Bonchev–Trinajstić information content (AvgIpc) is 2.45. The maximum atomic E-state index is 12.3. The highest BCUT2D eigenvalue weighted by Crippen LogP contribution is 2.35. The molecule has 1 atom stereocenters. The second-order valence-electron chi connectivity index (χ2n) is 6.42. The van der Waals surface area contributed by atoms with Crippen LogP contribution in [0.5, 0.6) is 5.75 Å². The molecule has 1 aliphatic rings. The molecule has 1 unspecified atom stereocenters. The minimum absolute atomic E-state index is 0.130. The molecule has 118 valence electrons. The average molecular weight is 297 g/mol. The van der Waals surface area contributed by atoms with Gasteiger partial charge in [-0.25, -0.2) is 0 Å². The summed E-state index contributed by atoms with van der Waals surface area (Å²) in [6, 6.07) is 7.08. The molecule has 1 saturated carbocycles. The smallest absolute Gasteiger partial charge is 0.387 e. The Kier molecular flexibility index (Phi) is 5.57. The fourth-order valence-electron chi connectivity index (χ4n) is 3.06. The first-order valence-electron chi connectivity index (χ1n) is 7.77. The molecule has 4 heteroatoms. The van der Waals surface area contributed by atoms with Crippen molar-refractivity contribution in [3.05, 3.63) is 29.8 Å². The van der Waals surface area contributed by atoms with Crippen molar-refractivity contribution in [2.24, 2.45) is 5.41 Å². The van der Waals surface area contributed by atoms with E-state index in [0.717, 1.165) is 12.1 Å². The van der Waals surface area contributed by atoms with E-state index < -0.39 is 6.61 Å². The summed E-state index contributed by atoms with van der Waals surface area (Å²) in [7, 11) is 0. The molecule has 0 heterocycles. The molecule has 0 aliphatic heterocycles. The van der Waals surface area contributed by atoms with E-state index in [1.165, 1.54) is 32.1 Å². The highest BCUT2D eigenvalue weighted by atomic mass is 19.3. The number of alkyl halides is 2. The quantitative estimate of drug-likeness (QED) is 0.805. The van der Waals surface area contributed by atoms with Crippen LogP contribution < -0.4 is 10.1 Å². The van der Waals surface area contributed by atoms with Gasteiger partial charge in [0.05, 0.1) is 0 Å². The van der Waals surface area contributed by atoms with Gasteiger partial charge in [0.25, 0.3) is 0 Å². The Bertz CT molecular complexity index is 444. The Morgan fingerprint density at radius 3 is 2.62 bits per heavy atom. The Balaban J connectivity index is 1.91. The van der Waals surface area contributed by atoms with Crippen LogP contribution in [0.25, 0.3) is 0 Å². The molecule has 2 nitrogen and oxygen atoms in total. The van der Waals surface area contributed by atoms with Gasteiger partial charge in [0.1, 0.15) is 5.75 Å². The third-order valence-corrected chi connectivity index (χ3v) is 4.48. The SMILES string of the molecule is CC(NCC1(C)CCCCC1)c1cccc(OC(F)F)c1. The molecule has 0 bridgehead atoms. The summed E-state index contributed by atoms with van der Waals surface area (Å²) in [6.07, 6.45) is 6.50. The fourth-order valence-corrected chi connectivity index (χ4v) is 3.06. The molecule has 1 aromatic carbocycles. The number of ether oxygens (including phenoxy) is 1. The standard InChI is InChI=1S/C17H25F2NO/c1-13(20-12-17(2)9-4-3-5-10-17)14-7-6-8-15(11-14)21-16(18)19/h6-8,11,13,16,20H,3-5,9-10,12H2,1-2H3. The van der Waals surface area contributed by atoms with E-state index in [1.807, 2.05) is 6.07 Å². The summed E-state index contributed by atoms with van der Waals surface area (Å²) < 4.78 is 29.0. The monoisotopic (exact) mass is 297 g/mol. The van der Waals surface area contributed by atoms with E-state index in [1.54, 1.807) is 18.2 Å². The van der Waals surface area contributed by atoms with Crippen molar-refractivity contribution in [1.29, 1.82) is 0 Å². The highest BCUT2D eigenvalue weighted by molar-refractivity contribution is 5.30. The number of nitrogens with one attached hydrogen (secondary N) is 1. The van der Waals surface area contributed by atoms with Crippen LogP contribution in [0.2, 0.25) is 0 Å². The van der Waals surface area contributed by atoms with E-state index in [4.69, 9.17) is 0 Å². The summed E-state index contributed by atoms with van der Waals surface area (Å²) in [6.45, 7) is 2.59. The zero-order valence-corrected chi connectivity index (χ0v) is 12.9. The molecular formula is C17H25F2NO. The van der Waals surface area contributed by atoms with Crippen molar-refractivity contribution < 1.29 is 13.5 Å². The van der Waals surface area contributed by atoms with E-state index >= 15 is 0 Å². The van der Waals surface area contributed by atoms with E-state index in [2.05, 4.69) is 23.9 Å². The third-order valence-electron chi connectivity index (χ3n) is 4.48. The molecule has 1 fully saturated rings. The maximum absolute atomic E-state index is 12.3. The number of halogens is 2. The van der Waals surface area contributed by atoms with Crippen LogP contribution in [0, 0.1) is 5.41 Å². The molecule has 1 aliphatic carbocycles. The summed E-state index contributed by atoms with van der Waals surface area (Å²) in [5, 5.41) is 3.55. The van der Waals surface area contributed by atoms with Crippen LogP contribution >= 0.6 is 0 Å². The van der Waals surface area contributed by atoms with Crippen LogP contribution in [-0.2, 0) is 0 Å². The second kappa shape index (κ2) is 7.21. The molecule has 0 radical (unpaired) electrons. The van der Waals surface area contributed by atoms with E-state index in [9.17, 15) is 8.78 Å². The van der Waals surface area contributed by atoms with Gasteiger partial charge in [-0.15, -0.1) is 0 Å². The van der Waals surface area contributed by atoms with Crippen LogP contribution in [0.4, 0.5) is 8.78 Å². The van der Waals surface area contributed by atoms with Crippen molar-refractivity contribution in [3.8, 4) is 5.75 Å². The van der Waals surface area contributed by atoms with E-state index in [0.29, 0.717) is 5.41 Å². The van der Waals surface area contributed by atoms with Crippen LogP contribution in [0.15, 0.2) is 24.3 Å². The van der Waals surface area contributed by atoms with Crippen molar-refractivity contribution in [2.45, 2.75) is 58.6 Å². The zero-order valence-electron chi connectivity index (χ0n) is 12.9. The molecule has 1 N–H and O–H groups in total. The van der Waals surface area contributed by atoms with Gasteiger partial charge in [-0.05, 0) is 42.9 Å². The van der Waals surface area contributed by atoms with Crippen molar-refractivity contribution >= 4 is 0 Å². The van der Waals surface area contributed by atoms with Gasteiger partial charge in [0.2, 0.25) is 0 Å². The van der Waals surface area contributed by atoms with Crippen molar-refractivity contribution in [1.82, 2.24) is 5.32 Å². The first kappa shape index (κ1) is 16.2. The molecular weight excluding hydrogens is 272 g/mol. The molecule has 0 amide bonds. The molecule has 0 spiro atoms. The first-order chi connectivity index (χ1) is 9.98. The lowest BCUT2D eigenvalue weighted by molar-refractivity contribution is -0.0499. The number of rotatable bonds is 6. The summed E-state index contributed by atoms with van der Waals surface area (Å²) in [5.41, 5.74) is 1.34. The summed E-state index contributed by atoms with van der Waals surface area (Å²) in [4.78, 5) is 0.